The zero-order valence-corrected chi connectivity index (χ0v) is 6.74. The van der Waals surface area contributed by atoms with Gasteiger partial charge in [-0.2, -0.15) is 5.26 Å². The third-order valence-corrected chi connectivity index (χ3v) is 1.92. The molecule has 0 atom stereocenters. The summed E-state index contributed by atoms with van der Waals surface area (Å²) in [4.78, 5) is 19.0. The number of fused-ring (bicyclic) bond motifs is 1. The van der Waals surface area contributed by atoms with Crippen molar-refractivity contribution in [1.29, 1.82) is 5.26 Å². The predicted octanol–water partition coefficient (Wildman–Crippen LogP) is 0.498. The monoisotopic (exact) mass is 174 g/mol. The molecule has 1 heterocycles. The second-order valence-electron chi connectivity index (χ2n) is 2.71. The first-order valence-electron chi connectivity index (χ1n) is 3.85. The van der Waals surface area contributed by atoms with E-state index in [-0.39, 0.29) is 11.7 Å². The molecule has 13 heavy (non-hydrogen) atoms. The van der Waals surface area contributed by atoms with Crippen LogP contribution in [0.3, 0.4) is 0 Å². The molecule has 5 nitrogen and oxygen atoms in total. The molecule has 1 aromatic heterocycles. The number of aryl methyl sites for hydroxylation is 1. The number of nitrogens with zero attached hydrogens (tertiary/aromatic N) is 3. The third kappa shape index (κ3) is 1.22. The smallest absolute Gasteiger partial charge is 0.236 e. The highest BCUT2D eigenvalue weighted by atomic mass is 16.1. The summed E-state index contributed by atoms with van der Waals surface area (Å²) < 4.78 is 0. The lowest BCUT2D eigenvalue weighted by Gasteiger charge is -1.98. The maximum absolute atomic E-state index is 11.2. The van der Waals surface area contributed by atoms with Crippen LogP contribution in [0.15, 0.2) is 6.20 Å². The number of rotatable bonds is 1. The Balaban J connectivity index is 2.41. The van der Waals surface area contributed by atoms with Crippen LogP contribution < -0.4 is 5.32 Å². The second-order valence-corrected chi connectivity index (χ2v) is 2.71. The van der Waals surface area contributed by atoms with Gasteiger partial charge in [0.05, 0.1) is 11.3 Å². The molecule has 1 N–H and O–H groups in total. The molecule has 0 aromatic carbocycles. The molecule has 1 aromatic rings. The third-order valence-electron chi connectivity index (χ3n) is 1.92. The Morgan fingerprint density at radius 3 is 3.15 bits per heavy atom. The van der Waals surface area contributed by atoms with Crippen LogP contribution in [0.4, 0.5) is 5.95 Å². The number of aromatic nitrogens is 2. The number of Topliss-reactive ketones (excluding diaryl/α,β-unsaturated/α-hetero) is 1. The molecule has 0 fully saturated rings. The van der Waals surface area contributed by atoms with Crippen molar-refractivity contribution < 1.29 is 4.79 Å². The average Bonchev–Trinajstić information content (AvgIpc) is 2.48. The lowest BCUT2D eigenvalue weighted by atomic mass is 10.2. The summed E-state index contributed by atoms with van der Waals surface area (Å²) in [6.45, 7) is 0. The van der Waals surface area contributed by atoms with Gasteiger partial charge in [0.2, 0.25) is 5.95 Å². The summed E-state index contributed by atoms with van der Waals surface area (Å²) >= 11 is 0. The van der Waals surface area contributed by atoms with Gasteiger partial charge < -0.3 is 0 Å². The standard InChI is InChI=1S/C8H6N4O/c9-4-11-8-10-3-5-6(12-8)1-2-7(5)13/h3H,1-2H2,(H,10,11,12). The molecule has 0 spiro atoms. The summed E-state index contributed by atoms with van der Waals surface area (Å²) in [5.74, 6) is 0.342. The van der Waals surface area contributed by atoms with Crippen molar-refractivity contribution in [3.63, 3.8) is 0 Å². The van der Waals surface area contributed by atoms with E-state index < -0.39 is 0 Å². The van der Waals surface area contributed by atoms with E-state index in [0.29, 0.717) is 18.4 Å². The molecule has 5 heteroatoms. The van der Waals surface area contributed by atoms with Gasteiger partial charge in [-0.25, -0.2) is 9.97 Å². The Morgan fingerprint density at radius 1 is 1.54 bits per heavy atom. The first kappa shape index (κ1) is 7.68. The van der Waals surface area contributed by atoms with Gasteiger partial charge in [0.15, 0.2) is 12.0 Å². The number of carbonyl (C=O) groups is 1. The minimum Gasteiger partial charge on any atom is -0.294 e. The summed E-state index contributed by atoms with van der Waals surface area (Å²) in [7, 11) is 0. The van der Waals surface area contributed by atoms with E-state index in [1.807, 2.05) is 0 Å². The van der Waals surface area contributed by atoms with E-state index in [4.69, 9.17) is 5.26 Å². The van der Waals surface area contributed by atoms with Gasteiger partial charge in [0.1, 0.15) is 0 Å². The molecule has 0 radical (unpaired) electrons. The minimum atomic E-state index is 0.0820. The Labute approximate surface area is 74.4 Å². The molecule has 1 aliphatic rings. The van der Waals surface area contributed by atoms with Crippen LogP contribution in [0.25, 0.3) is 0 Å². The van der Waals surface area contributed by atoms with Crippen molar-refractivity contribution in [2.45, 2.75) is 12.8 Å². The number of nitriles is 1. The molecule has 1 aliphatic carbocycles. The number of nitrogens with one attached hydrogen (secondary N) is 1. The highest BCUT2D eigenvalue weighted by Gasteiger charge is 2.21. The van der Waals surface area contributed by atoms with Crippen molar-refractivity contribution in [1.82, 2.24) is 9.97 Å². The number of hydrogen-bond acceptors (Lipinski definition) is 5. The fourth-order valence-electron chi connectivity index (χ4n) is 1.32. The zero-order chi connectivity index (χ0) is 9.26. The highest BCUT2D eigenvalue weighted by molar-refractivity contribution is 5.99. The Kier molecular flexibility index (Phi) is 1.67. The summed E-state index contributed by atoms with van der Waals surface area (Å²) in [5.41, 5.74) is 1.32. The largest absolute Gasteiger partial charge is 0.294 e. The molecule has 0 unspecified atom stereocenters. The van der Waals surface area contributed by atoms with Crippen LogP contribution in [-0.2, 0) is 6.42 Å². The quantitative estimate of drug-likeness (QED) is 0.495. The molecular weight excluding hydrogens is 168 g/mol. The van der Waals surface area contributed by atoms with Gasteiger partial charge in [0.25, 0.3) is 0 Å². The fourth-order valence-corrected chi connectivity index (χ4v) is 1.32. The van der Waals surface area contributed by atoms with Gasteiger partial charge >= 0.3 is 0 Å². The van der Waals surface area contributed by atoms with E-state index in [9.17, 15) is 4.79 Å². The van der Waals surface area contributed by atoms with Crippen molar-refractivity contribution in [3.05, 3.63) is 17.5 Å². The van der Waals surface area contributed by atoms with E-state index >= 15 is 0 Å². The number of anilines is 1. The van der Waals surface area contributed by atoms with Gasteiger partial charge in [-0.15, -0.1) is 0 Å². The first-order chi connectivity index (χ1) is 6.31. The van der Waals surface area contributed by atoms with Crippen LogP contribution in [0.1, 0.15) is 22.5 Å². The van der Waals surface area contributed by atoms with E-state index in [1.165, 1.54) is 6.20 Å². The Hall–Kier alpha value is -1.96. The molecule has 0 saturated carbocycles. The number of carbonyl (C=O) groups excluding carboxylic acids is 1. The van der Waals surface area contributed by atoms with Crippen molar-refractivity contribution in [2.75, 3.05) is 5.32 Å². The van der Waals surface area contributed by atoms with Crippen molar-refractivity contribution >= 4 is 11.7 Å². The maximum atomic E-state index is 11.2. The molecular formula is C8H6N4O. The zero-order valence-electron chi connectivity index (χ0n) is 6.74. The van der Waals surface area contributed by atoms with Crippen molar-refractivity contribution in [2.24, 2.45) is 0 Å². The molecule has 64 valence electrons. The summed E-state index contributed by atoms with van der Waals surface area (Å²) in [5, 5.41) is 10.6. The molecule has 0 amide bonds. The van der Waals surface area contributed by atoms with Gasteiger partial charge in [-0.1, -0.05) is 0 Å². The van der Waals surface area contributed by atoms with Gasteiger partial charge in [-0.05, 0) is 6.42 Å². The van der Waals surface area contributed by atoms with Crippen molar-refractivity contribution in [3.8, 4) is 6.19 Å². The lowest BCUT2D eigenvalue weighted by molar-refractivity contribution is 0.0994. The van der Waals surface area contributed by atoms with Crippen LogP contribution in [-0.4, -0.2) is 15.8 Å². The molecule has 0 bridgehead atoms. The summed E-state index contributed by atoms with van der Waals surface area (Å²) in [6, 6.07) is 0. The molecule has 0 aliphatic heterocycles. The molecule has 0 saturated heterocycles. The first-order valence-corrected chi connectivity index (χ1v) is 3.85. The van der Waals surface area contributed by atoms with Gasteiger partial charge in [-0.3, -0.25) is 10.1 Å². The predicted molar refractivity (Wildman–Crippen MR) is 43.9 cm³/mol. The van der Waals surface area contributed by atoms with Crippen LogP contribution in [0, 0.1) is 11.5 Å². The second kappa shape index (κ2) is 2.83. The van der Waals surface area contributed by atoms with E-state index in [2.05, 4.69) is 15.3 Å². The number of hydrogen-bond donors (Lipinski definition) is 1. The minimum absolute atomic E-state index is 0.0820. The highest BCUT2D eigenvalue weighted by Crippen LogP contribution is 2.19. The lowest BCUT2D eigenvalue weighted by Crippen LogP contribution is -2.00. The summed E-state index contributed by atoms with van der Waals surface area (Å²) in [6.07, 6.45) is 4.35. The average molecular weight is 174 g/mol. The van der Waals surface area contributed by atoms with Crippen LogP contribution in [0.2, 0.25) is 0 Å². The normalized spacial score (nSPS) is 13.6. The fraction of sp³-hybridized carbons (Fsp3) is 0.250. The van der Waals surface area contributed by atoms with Crippen LogP contribution >= 0.6 is 0 Å². The Bertz CT molecular complexity index is 407. The SMILES string of the molecule is N#CNc1ncc2c(n1)CCC2=O. The van der Waals surface area contributed by atoms with E-state index in [0.717, 1.165) is 5.69 Å². The Morgan fingerprint density at radius 2 is 2.38 bits per heavy atom. The van der Waals surface area contributed by atoms with Crippen LogP contribution in [0.5, 0.6) is 0 Å². The maximum Gasteiger partial charge on any atom is 0.236 e. The van der Waals surface area contributed by atoms with E-state index in [1.54, 1.807) is 6.19 Å². The van der Waals surface area contributed by atoms with Gasteiger partial charge in [0, 0.05) is 12.6 Å². The number of ketones is 1. The topological polar surface area (TPSA) is 78.7 Å². The molecule has 2 rings (SSSR count).